The molecule has 1 saturated heterocycles. The maximum absolute atomic E-state index is 13.1. The highest BCUT2D eigenvalue weighted by Crippen LogP contribution is 2.35. The van der Waals surface area contributed by atoms with Gasteiger partial charge in [-0.05, 0) is 25.1 Å². The Labute approximate surface area is 168 Å². The lowest BCUT2D eigenvalue weighted by molar-refractivity contribution is -0.137. The van der Waals surface area contributed by atoms with Crippen molar-refractivity contribution in [3.8, 4) is 0 Å². The van der Waals surface area contributed by atoms with E-state index >= 15 is 0 Å². The van der Waals surface area contributed by atoms with Gasteiger partial charge in [0.2, 0.25) is 5.91 Å². The summed E-state index contributed by atoms with van der Waals surface area (Å²) in [7, 11) is 0. The number of alkyl halides is 3. The number of hydrogen-bond acceptors (Lipinski definition) is 3. The van der Waals surface area contributed by atoms with E-state index < -0.39 is 47.4 Å². The number of nitrogens with zero attached hydrogens (tertiary/aromatic N) is 1. The zero-order valence-corrected chi connectivity index (χ0v) is 15.8. The van der Waals surface area contributed by atoms with E-state index in [0.717, 1.165) is 12.1 Å². The maximum Gasteiger partial charge on any atom is 0.418 e. The molecule has 0 aromatic heterocycles. The lowest BCUT2D eigenvalue weighted by atomic mass is 9.92. The molecule has 1 unspecified atom stereocenters. The number of amides is 4. The molecule has 2 aromatic rings. The zero-order valence-electron chi connectivity index (χ0n) is 15.0. The van der Waals surface area contributed by atoms with Crippen LogP contribution in [0.3, 0.4) is 0 Å². The Bertz CT molecular complexity index is 996. The maximum atomic E-state index is 13.1. The molecule has 3 rings (SSSR count). The van der Waals surface area contributed by atoms with Gasteiger partial charge >= 0.3 is 12.2 Å². The number of para-hydroxylation sites is 1. The number of halogens is 4. The normalized spacial score (nSPS) is 19.3. The first kappa shape index (κ1) is 20.7. The van der Waals surface area contributed by atoms with Crippen LogP contribution in [0.25, 0.3) is 0 Å². The van der Waals surface area contributed by atoms with Crippen molar-refractivity contribution in [1.29, 1.82) is 0 Å². The molecular formula is C19H15ClF3N3O3. The molecule has 1 heterocycles. The molecule has 1 atom stereocenters. The summed E-state index contributed by atoms with van der Waals surface area (Å²) in [6, 6.07) is 9.96. The van der Waals surface area contributed by atoms with E-state index in [1.54, 1.807) is 24.3 Å². The standard InChI is InChI=1S/C19H15ClF3N3O3/c1-18(11-6-2-4-8-13(11)20)16(28)26(17(29)25-18)10-15(27)24-14-9-5-3-7-12(14)19(21,22)23/h2-9H,10H2,1H3,(H,24,27)(H,25,29). The largest absolute Gasteiger partial charge is 0.418 e. The van der Waals surface area contributed by atoms with Gasteiger partial charge in [-0.3, -0.25) is 14.5 Å². The molecule has 0 radical (unpaired) electrons. The average molecular weight is 426 g/mol. The second-order valence-electron chi connectivity index (χ2n) is 6.52. The van der Waals surface area contributed by atoms with Crippen LogP contribution in [0.15, 0.2) is 48.5 Å². The van der Waals surface area contributed by atoms with Crippen LogP contribution >= 0.6 is 11.6 Å². The number of anilines is 1. The summed E-state index contributed by atoms with van der Waals surface area (Å²) < 4.78 is 39.2. The number of rotatable bonds is 4. The lowest BCUT2D eigenvalue weighted by Crippen LogP contribution is -2.42. The fourth-order valence-corrected chi connectivity index (χ4v) is 3.39. The van der Waals surface area contributed by atoms with Crippen LogP contribution in [0, 0.1) is 0 Å². The van der Waals surface area contributed by atoms with Crippen LogP contribution in [-0.2, 0) is 21.3 Å². The van der Waals surface area contributed by atoms with Gasteiger partial charge in [0.15, 0.2) is 0 Å². The Morgan fingerprint density at radius 1 is 1.14 bits per heavy atom. The van der Waals surface area contributed by atoms with Crippen LogP contribution in [0.5, 0.6) is 0 Å². The first-order chi connectivity index (χ1) is 13.5. The van der Waals surface area contributed by atoms with Gasteiger partial charge in [-0.2, -0.15) is 13.2 Å². The van der Waals surface area contributed by atoms with Gasteiger partial charge in [-0.15, -0.1) is 0 Å². The second-order valence-corrected chi connectivity index (χ2v) is 6.93. The molecule has 152 valence electrons. The Balaban J connectivity index is 1.80. The average Bonchev–Trinajstić information content (AvgIpc) is 2.85. The van der Waals surface area contributed by atoms with Gasteiger partial charge in [-0.25, -0.2) is 4.79 Å². The second kappa shape index (κ2) is 7.40. The molecule has 6 nitrogen and oxygen atoms in total. The van der Waals surface area contributed by atoms with Crippen molar-refractivity contribution in [2.75, 3.05) is 11.9 Å². The summed E-state index contributed by atoms with van der Waals surface area (Å²) >= 11 is 6.12. The van der Waals surface area contributed by atoms with Gasteiger partial charge in [-0.1, -0.05) is 41.9 Å². The number of hydrogen-bond donors (Lipinski definition) is 2. The van der Waals surface area contributed by atoms with Crippen molar-refractivity contribution in [3.63, 3.8) is 0 Å². The highest BCUT2D eigenvalue weighted by Gasteiger charge is 2.50. The fourth-order valence-electron chi connectivity index (χ4n) is 3.06. The third-order valence-corrected chi connectivity index (χ3v) is 4.83. The summed E-state index contributed by atoms with van der Waals surface area (Å²) in [6.45, 7) is 0.683. The molecule has 1 aliphatic rings. The summed E-state index contributed by atoms with van der Waals surface area (Å²) in [6.07, 6.45) is -4.67. The zero-order chi connectivity index (χ0) is 21.4. The molecule has 10 heteroatoms. The molecule has 0 spiro atoms. The van der Waals surface area contributed by atoms with Gasteiger partial charge in [0.25, 0.3) is 5.91 Å². The Kier molecular flexibility index (Phi) is 5.27. The van der Waals surface area contributed by atoms with Gasteiger partial charge < -0.3 is 10.6 Å². The monoisotopic (exact) mass is 425 g/mol. The highest BCUT2D eigenvalue weighted by atomic mass is 35.5. The Morgan fingerprint density at radius 2 is 1.76 bits per heavy atom. The number of nitrogens with one attached hydrogen (secondary N) is 2. The topological polar surface area (TPSA) is 78.5 Å². The summed E-state index contributed by atoms with van der Waals surface area (Å²) in [5, 5.41) is 4.83. The van der Waals surface area contributed by atoms with Crippen LogP contribution in [0.1, 0.15) is 18.1 Å². The van der Waals surface area contributed by atoms with E-state index in [2.05, 4.69) is 10.6 Å². The predicted octanol–water partition coefficient (Wildman–Crippen LogP) is 3.76. The van der Waals surface area contributed by atoms with Crippen LogP contribution < -0.4 is 10.6 Å². The molecular weight excluding hydrogens is 411 g/mol. The minimum atomic E-state index is -4.67. The predicted molar refractivity (Wildman–Crippen MR) is 99.1 cm³/mol. The molecule has 1 fully saturated rings. The number of carbonyl (C=O) groups excluding carboxylic acids is 3. The quantitative estimate of drug-likeness (QED) is 0.732. The smallest absolute Gasteiger partial charge is 0.324 e. The summed E-state index contributed by atoms with van der Waals surface area (Å²) in [5.41, 5.74) is -2.66. The number of benzene rings is 2. The van der Waals surface area contributed by atoms with Crippen LogP contribution in [-0.4, -0.2) is 29.3 Å². The van der Waals surface area contributed by atoms with E-state index in [1.807, 2.05) is 0 Å². The third-order valence-electron chi connectivity index (χ3n) is 4.50. The third kappa shape index (κ3) is 3.91. The molecule has 1 aliphatic heterocycles. The number of urea groups is 1. The van der Waals surface area contributed by atoms with Crippen molar-refractivity contribution in [3.05, 3.63) is 64.7 Å². The fraction of sp³-hybridized carbons (Fsp3) is 0.211. The molecule has 0 aliphatic carbocycles. The molecule has 4 amide bonds. The minimum Gasteiger partial charge on any atom is -0.324 e. The minimum absolute atomic E-state index is 0.244. The SMILES string of the molecule is CC1(c2ccccc2Cl)NC(=O)N(CC(=O)Nc2ccccc2C(F)(F)F)C1=O. The molecule has 0 saturated carbocycles. The van der Waals surface area contributed by atoms with Gasteiger partial charge in [0, 0.05) is 10.6 Å². The van der Waals surface area contributed by atoms with Crippen molar-refractivity contribution < 1.29 is 27.6 Å². The molecule has 0 bridgehead atoms. The number of carbonyl (C=O) groups is 3. The van der Waals surface area contributed by atoms with E-state index in [9.17, 15) is 27.6 Å². The first-order valence-corrected chi connectivity index (χ1v) is 8.77. The van der Waals surface area contributed by atoms with Crippen molar-refractivity contribution >= 4 is 35.1 Å². The Hall–Kier alpha value is -3.07. The summed E-state index contributed by atoms with van der Waals surface area (Å²) in [4.78, 5) is 38.0. The van der Waals surface area contributed by atoms with Gasteiger partial charge in [0.1, 0.15) is 12.1 Å². The Morgan fingerprint density at radius 3 is 2.41 bits per heavy atom. The van der Waals surface area contributed by atoms with Crippen molar-refractivity contribution in [1.82, 2.24) is 10.2 Å². The van der Waals surface area contributed by atoms with E-state index in [1.165, 1.54) is 19.1 Å². The van der Waals surface area contributed by atoms with Crippen LogP contribution in [0.2, 0.25) is 5.02 Å². The summed E-state index contributed by atoms with van der Waals surface area (Å²) in [5.74, 6) is -1.69. The molecule has 2 N–H and O–H groups in total. The molecule has 2 aromatic carbocycles. The molecule has 29 heavy (non-hydrogen) atoms. The van der Waals surface area contributed by atoms with Crippen molar-refractivity contribution in [2.45, 2.75) is 18.6 Å². The van der Waals surface area contributed by atoms with Gasteiger partial charge in [0.05, 0.1) is 11.3 Å². The highest BCUT2D eigenvalue weighted by molar-refractivity contribution is 6.32. The van der Waals surface area contributed by atoms with E-state index in [-0.39, 0.29) is 5.02 Å². The van der Waals surface area contributed by atoms with Crippen LogP contribution in [0.4, 0.5) is 23.7 Å². The lowest BCUT2D eigenvalue weighted by Gasteiger charge is -2.23. The number of imide groups is 1. The van der Waals surface area contributed by atoms with E-state index in [4.69, 9.17) is 11.6 Å². The first-order valence-electron chi connectivity index (χ1n) is 8.39. The van der Waals surface area contributed by atoms with E-state index in [0.29, 0.717) is 10.5 Å². The van der Waals surface area contributed by atoms with Crippen molar-refractivity contribution in [2.24, 2.45) is 0 Å².